The van der Waals surface area contributed by atoms with E-state index in [0.717, 1.165) is 19.4 Å². The Morgan fingerprint density at radius 3 is 2.17 bits per heavy atom. The zero-order valence-electron chi connectivity index (χ0n) is 11.9. The van der Waals surface area contributed by atoms with E-state index in [4.69, 9.17) is 5.73 Å². The van der Waals surface area contributed by atoms with Gasteiger partial charge in [-0.2, -0.15) is 0 Å². The summed E-state index contributed by atoms with van der Waals surface area (Å²) in [5.41, 5.74) is 5.34. The molecule has 0 heterocycles. The molecule has 1 unspecified atom stereocenters. The molecule has 1 rings (SSSR count). The van der Waals surface area contributed by atoms with E-state index in [1.54, 1.807) is 0 Å². The number of carbonyl (C=O) groups is 1. The fourth-order valence-corrected chi connectivity index (χ4v) is 1.85. The first kappa shape index (κ1) is 20.3. The first-order chi connectivity index (χ1) is 7.17. The molecule has 1 saturated carbocycles. The molecule has 0 bridgehead atoms. The van der Waals surface area contributed by atoms with Crippen LogP contribution in [0.25, 0.3) is 0 Å². The van der Waals surface area contributed by atoms with Crippen LogP contribution in [0.3, 0.4) is 0 Å². The van der Waals surface area contributed by atoms with E-state index in [9.17, 15) is 4.79 Å². The Morgan fingerprint density at radius 1 is 1.39 bits per heavy atom. The van der Waals surface area contributed by atoms with Crippen molar-refractivity contribution in [2.75, 3.05) is 20.6 Å². The third-order valence-electron chi connectivity index (χ3n) is 3.48. The second kappa shape index (κ2) is 6.94. The Balaban J connectivity index is 0. The van der Waals surface area contributed by atoms with E-state index in [1.165, 1.54) is 0 Å². The molecule has 1 aliphatic rings. The van der Waals surface area contributed by atoms with Crippen molar-refractivity contribution >= 4 is 30.7 Å². The smallest absolute Gasteiger partial charge is 0.240 e. The van der Waals surface area contributed by atoms with Crippen molar-refractivity contribution in [3.8, 4) is 0 Å². The highest BCUT2D eigenvalue weighted by Gasteiger charge is 2.47. The maximum Gasteiger partial charge on any atom is 0.240 e. The minimum atomic E-state index is -0.567. The lowest BCUT2D eigenvalue weighted by atomic mass is 9.84. The van der Waals surface area contributed by atoms with Crippen molar-refractivity contribution in [1.82, 2.24) is 10.2 Å². The van der Waals surface area contributed by atoms with Crippen LogP contribution in [0, 0.1) is 5.41 Å². The van der Waals surface area contributed by atoms with Gasteiger partial charge in [-0.05, 0) is 39.3 Å². The van der Waals surface area contributed by atoms with Crippen LogP contribution in [0.2, 0.25) is 0 Å². The Hall–Kier alpha value is -0.0300. The Morgan fingerprint density at radius 2 is 1.83 bits per heavy atom. The zero-order chi connectivity index (χ0) is 12.6. The van der Waals surface area contributed by atoms with Crippen LogP contribution in [-0.2, 0) is 4.79 Å². The molecule has 1 fully saturated rings. The van der Waals surface area contributed by atoms with Gasteiger partial charge in [-0.25, -0.2) is 0 Å². The molecular formula is C12H27Cl2N3O. The van der Waals surface area contributed by atoms with Gasteiger partial charge in [-0.15, -0.1) is 24.8 Å². The molecule has 0 saturated heterocycles. The standard InChI is InChI=1S/C12H25N3O.2ClH/c1-9(11(2,3)8-15(4)5)14-10(16)12(13)6-7-12;;/h9H,6-8,13H2,1-5H3,(H,14,16);2*1H. The van der Waals surface area contributed by atoms with Crippen molar-refractivity contribution in [3.05, 3.63) is 0 Å². The minimum Gasteiger partial charge on any atom is -0.351 e. The summed E-state index contributed by atoms with van der Waals surface area (Å²) in [6.07, 6.45) is 1.64. The van der Waals surface area contributed by atoms with E-state index in [1.807, 2.05) is 21.0 Å². The monoisotopic (exact) mass is 299 g/mol. The molecule has 0 spiro atoms. The van der Waals surface area contributed by atoms with E-state index < -0.39 is 5.54 Å². The van der Waals surface area contributed by atoms with E-state index >= 15 is 0 Å². The Bertz CT molecular complexity index is 278. The van der Waals surface area contributed by atoms with Crippen LogP contribution in [0.15, 0.2) is 0 Å². The number of nitrogens with one attached hydrogen (secondary N) is 1. The summed E-state index contributed by atoms with van der Waals surface area (Å²) < 4.78 is 0. The first-order valence-electron chi connectivity index (χ1n) is 5.92. The van der Waals surface area contributed by atoms with Gasteiger partial charge in [0.2, 0.25) is 5.91 Å². The number of hydrogen-bond donors (Lipinski definition) is 2. The molecule has 0 aromatic rings. The molecule has 1 atom stereocenters. The van der Waals surface area contributed by atoms with Crippen molar-refractivity contribution in [2.24, 2.45) is 11.1 Å². The van der Waals surface area contributed by atoms with Crippen molar-refractivity contribution in [3.63, 3.8) is 0 Å². The number of carbonyl (C=O) groups excluding carboxylic acids is 1. The summed E-state index contributed by atoms with van der Waals surface area (Å²) in [5.74, 6) is 0.00633. The predicted molar refractivity (Wildman–Crippen MR) is 80.6 cm³/mol. The molecule has 4 nitrogen and oxygen atoms in total. The fraction of sp³-hybridized carbons (Fsp3) is 0.917. The molecule has 3 N–H and O–H groups in total. The molecule has 18 heavy (non-hydrogen) atoms. The second-order valence-electron chi connectivity index (χ2n) is 6.08. The molecule has 6 heteroatoms. The highest BCUT2D eigenvalue weighted by molar-refractivity contribution is 5.89. The van der Waals surface area contributed by atoms with Crippen LogP contribution >= 0.6 is 24.8 Å². The summed E-state index contributed by atoms with van der Waals surface area (Å²) in [7, 11) is 4.09. The second-order valence-corrected chi connectivity index (χ2v) is 6.08. The van der Waals surface area contributed by atoms with Gasteiger partial charge < -0.3 is 16.0 Å². The molecule has 0 radical (unpaired) electrons. The van der Waals surface area contributed by atoms with Gasteiger partial charge in [0.15, 0.2) is 0 Å². The third kappa shape index (κ3) is 5.31. The maximum absolute atomic E-state index is 11.8. The van der Waals surface area contributed by atoms with Gasteiger partial charge in [-0.1, -0.05) is 13.8 Å². The maximum atomic E-state index is 11.8. The number of nitrogens with two attached hydrogens (primary N) is 1. The lowest BCUT2D eigenvalue weighted by Gasteiger charge is -2.35. The molecular weight excluding hydrogens is 273 g/mol. The highest BCUT2D eigenvalue weighted by atomic mass is 35.5. The number of amides is 1. The lowest BCUT2D eigenvalue weighted by molar-refractivity contribution is -0.124. The SMILES string of the molecule is CC(NC(=O)C1(N)CC1)C(C)(C)CN(C)C.Cl.Cl. The Labute approximate surface area is 123 Å². The van der Waals surface area contributed by atoms with Crippen molar-refractivity contribution in [2.45, 2.75) is 45.2 Å². The number of nitrogens with zero attached hydrogens (tertiary/aromatic N) is 1. The van der Waals surface area contributed by atoms with Crippen molar-refractivity contribution < 1.29 is 4.79 Å². The molecule has 1 amide bonds. The summed E-state index contributed by atoms with van der Waals surface area (Å²) >= 11 is 0. The molecule has 0 aliphatic heterocycles. The minimum absolute atomic E-state index is 0. The van der Waals surface area contributed by atoms with Gasteiger partial charge in [0.05, 0.1) is 5.54 Å². The topological polar surface area (TPSA) is 58.4 Å². The van der Waals surface area contributed by atoms with Crippen molar-refractivity contribution in [1.29, 1.82) is 0 Å². The molecule has 0 aromatic heterocycles. The summed E-state index contributed by atoms with van der Waals surface area (Å²) in [4.78, 5) is 14.0. The molecule has 1 aliphatic carbocycles. The van der Waals surface area contributed by atoms with Gasteiger partial charge in [-0.3, -0.25) is 4.79 Å². The highest BCUT2D eigenvalue weighted by Crippen LogP contribution is 2.33. The van der Waals surface area contributed by atoms with Crippen LogP contribution in [-0.4, -0.2) is 43.0 Å². The Kier molecular flexibility index (Phi) is 7.82. The van der Waals surface area contributed by atoms with Crippen LogP contribution in [0.4, 0.5) is 0 Å². The fourth-order valence-electron chi connectivity index (χ4n) is 1.85. The van der Waals surface area contributed by atoms with E-state index in [2.05, 4.69) is 24.1 Å². The van der Waals surface area contributed by atoms with Crippen LogP contribution in [0.1, 0.15) is 33.6 Å². The quantitative estimate of drug-likeness (QED) is 0.807. The van der Waals surface area contributed by atoms with E-state index in [0.29, 0.717) is 0 Å². The van der Waals surface area contributed by atoms with Gasteiger partial charge in [0, 0.05) is 12.6 Å². The largest absolute Gasteiger partial charge is 0.351 e. The molecule has 110 valence electrons. The van der Waals surface area contributed by atoms with Crippen LogP contribution in [0.5, 0.6) is 0 Å². The van der Waals surface area contributed by atoms with E-state index in [-0.39, 0.29) is 42.2 Å². The zero-order valence-corrected chi connectivity index (χ0v) is 13.6. The van der Waals surface area contributed by atoms with Gasteiger partial charge >= 0.3 is 0 Å². The predicted octanol–water partition coefficient (Wildman–Crippen LogP) is 1.41. The summed E-state index contributed by atoms with van der Waals surface area (Å²) in [6, 6.07) is 0.128. The molecule has 0 aromatic carbocycles. The third-order valence-corrected chi connectivity index (χ3v) is 3.48. The first-order valence-corrected chi connectivity index (χ1v) is 5.92. The number of halogens is 2. The normalized spacial score (nSPS) is 18.4. The average molecular weight is 300 g/mol. The van der Waals surface area contributed by atoms with Crippen LogP contribution < -0.4 is 11.1 Å². The van der Waals surface area contributed by atoms with Gasteiger partial charge in [0.25, 0.3) is 0 Å². The summed E-state index contributed by atoms with van der Waals surface area (Å²) in [6.45, 7) is 7.31. The number of hydrogen-bond acceptors (Lipinski definition) is 3. The lowest BCUT2D eigenvalue weighted by Crippen LogP contribution is -2.52. The average Bonchev–Trinajstić information content (AvgIpc) is 2.82. The number of rotatable bonds is 5. The summed E-state index contributed by atoms with van der Waals surface area (Å²) in [5, 5.41) is 3.04. The van der Waals surface area contributed by atoms with Gasteiger partial charge in [0.1, 0.15) is 0 Å².